The highest BCUT2D eigenvalue weighted by Crippen LogP contribution is 2.26. The highest BCUT2D eigenvalue weighted by molar-refractivity contribution is 5.98. The molecule has 2 aliphatic rings. The van der Waals surface area contributed by atoms with Crippen molar-refractivity contribution in [3.63, 3.8) is 0 Å². The van der Waals surface area contributed by atoms with Crippen LogP contribution >= 0.6 is 0 Å². The Hall–Kier alpha value is -3.49. The lowest BCUT2D eigenvalue weighted by molar-refractivity contribution is 0.0780. The van der Waals surface area contributed by atoms with Crippen LogP contribution in [-0.2, 0) is 6.42 Å². The Balaban J connectivity index is 1.30. The SMILES string of the molecule is C[C@@H]1CN(C(=O)c2ccnc3c2CCN3)C[C@@H]1NC(=O)c1cc2cncnc2[nH]1. The molecule has 3 N–H and O–H groups in total. The quantitative estimate of drug-likeness (QED) is 0.618. The molecular formula is C20H21N7O2. The molecule has 0 saturated carbocycles. The Labute approximate surface area is 166 Å². The van der Waals surface area contributed by atoms with E-state index in [1.165, 1.54) is 6.33 Å². The van der Waals surface area contributed by atoms with E-state index in [4.69, 9.17) is 0 Å². The molecular weight excluding hydrogens is 370 g/mol. The summed E-state index contributed by atoms with van der Waals surface area (Å²) in [5, 5.41) is 7.05. The van der Waals surface area contributed by atoms with Crippen LogP contribution in [0.2, 0.25) is 0 Å². The molecule has 0 aromatic carbocycles. The van der Waals surface area contributed by atoms with Gasteiger partial charge in [-0.2, -0.15) is 0 Å². The Kier molecular flexibility index (Phi) is 4.15. The fourth-order valence-corrected chi connectivity index (χ4v) is 4.13. The van der Waals surface area contributed by atoms with Crippen LogP contribution in [0.4, 0.5) is 5.82 Å². The summed E-state index contributed by atoms with van der Waals surface area (Å²) in [5.41, 5.74) is 2.75. The molecule has 29 heavy (non-hydrogen) atoms. The van der Waals surface area contributed by atoms with E-state index in [2.05, 4.69) is 30.6 Å². The third-order valence-electron chi connectivity index (χ3n) is 5.71. The third kappa shape index (κ3) is 3.08. The van der Waals surface area contributed by atoms with E-state index < -0.39 is 0 Å². The number of rotatable bonds is 3. The van der Waals surface area contributed by atoms with Gasteiger partial charge in [-0.1, -0.05) is 6.92 Å². The van der Waals surface area contributed by atoms with Gasteiger partial charge < -0.3 is 20.5 Å². The first-order chi connectivity index (χ1) is 14.1. The van der Waals surface area contributed by atoms with Crippen molar-refractivity contribution in [3.8, 4) is 0 Å². The van der Waals surface area contributed by atoms with E-state index in [-0.39, 0.29) is 23.8 Å². The van der Waals surface area contributed by atoms with E-state index in [0.717, 1.165) is 29.7 Å². The van der Waals surface area contributed by atoms with Crippen molar-refractivity contribution in [2.75, 3.05) is 25.0 Å². The van der Waals surface area contributed by atoms with E-state index >= 15 is 0 Å². The average molecular weight is 391 g/mol. The largest absolute Gasteiger partial charge is 0.369 e. The molecule has 0 spiro atoms. The number of hydrogen-bond acceptors (Lipinski definition) is 6. The number of aromatic amines is 1. The smallest absolute Gasteiger partial charge is 0.268 e. The van der Waals surface area contributed by atoms with Gasteiger partial charge in [0.25, 0.3) is 11.8 Å². The number of anilines is 1. The highest BCUT2D eigenvalue weighted by atomic mass is 16.2. The van der Waals surface area contributed by atoms with E-state index in [1.807, 2.05) is 11.8 Å². The first-order valence-electron chi connectivity index (χ1n) is 9.71. The highest BCUT2D eigenvalue weighted by Gasteiger charge is 2.35. The topological polar surface area (TPSA) is 116 Å². The van der Waals surface area contributed by atoms with Gasteiger partial charge in [0.15, 0.2) is 0 Å². The van der Waals surface area contributed by atoms with Crippen LogP contribution in [-0.4, -0.2) is 62.3 Å². The summed E-state index contributed by atoms with van der Waals surface area (Å²) < 4.78 is 0. The molecule has 148 valence electrons. The fraction of sp³-hybridized carbons (Fsp3) is 0.350. The number of fused-ring (bicyclic) bond motifs is 2. The van der Waals surface area contributed by atoms with Gasteiger partial charge in [-0.3, -0.25) is 9.59 Å². The number of nitrogens with one attached hydrogen (secondary N) is 3. The van der Waals surface area contributed by atoms with E-state index in [1.54, 1.807) is 24.5 Å². The van der Waals surface area contributed by atoms with Crippen molar-refractivity contribution in [3.05, 3.63) is 47.7 Å². The zero-order valence-corrected chi connectivity index (χ0v) is 16.0. The summed E-state index contributed by atoms with van der Waals surface area (Å²) in [6.45, 7) is 3.94. The monoisotopic (exact) mass is 391 g/mol. The van der Waals surface area contributed by atoms with Crippen LogP contribution in [0.1, 0.15) is 33.3 Å². The summed E-state index contributed by atoms with van der Waals surface area (Å²) in [5.74, 6) is 0.745. The molecule has 2 atom stereocenters. The predicted molar refractivity (Wildman–Crippen MR) is 107 cm³/mol. The summed E-state index contributed by atoms with van der Waals surface area (Å²) in [7, 11) is 0. The number of amides is 2. The maximum absolute atomic E-state index is 13.1. The number of hydrogen-bond donors (Lipinski definition) is 3. The van der Waals surface area contributed by atoms with Gasteiger partial charge >= 0.3 is 0 Å². The third-order valence-corrected chi connectivity index (χ3v) is 5.71. The minimum atomic E-state index is -0.205. The molecule has 0 aliphatic carbocycles. The number of H-pyrrole nitrogens is 1. The lowest BCUT2D eigenvalue weighted by Gasteiger charge is -2.18. The maximum Gasteiger partial charge on any atom is 0.268 e. The van der Waals surface area contributed by atoms with Gasteiger partial charge in [0.2, 0.25) is 0 Å². The van der Waals surface area contributed by atoms with Crippen molar-refractivity contribution < 1.29 is 9.59 Å². The van der Waals surface area contributed by atoms with Crippen LogP contribution in [0.25, 0.3) is 11.0 Å². The first kappa shape index (κ1) is 17.6. The Morgan fingerprint density at radius 2 is 2.17 bits per heavy atom. The van der Waals surface area contributed by atoms with Crippen molar-refractivity contribution >= 4 is 28.7 Å². The number of carbonyl (C=O) groups is 2. The van der Waals surface area contributed by atoms with E-state index in [9.17, 15) is 9.59 Å². The summed E-state index contributed by atoms with van der Waals surface area (Å²) in [6, 6.07) is 3.41. The minimum absolute atomic E-state index is 0.00293. The average Bonchev–Trinajstić information content (AvgIpc) is 3.45. The van der Waals surface area contributed by atoms with Crippen molar-refractivity contribution in [1.82, 2.24) is 30.2 Å². The number of pyridine rings is 1. The number of carbonyl (C=O) groups excluding carboxylic acids is 2. The molecule has 5 heterocycles. The van der Waals surface area contributed by atoms with Gasteiger partial charge in [-0.25, -0.2) is 15.0 Å². The molecule has 9 heteroatoms. The van der Waals surface area contributed by atoms with Gasteiger partial charge in [0.1, 0.15) is 23.5 Å². The molecule has 1 saturated heterocycles. The van der Waals surface area contributed by atoms with Crippen LogP contribution in [0.15, 0.2) is 30.9 Å². The summed E-state index contributed by atoms with van der Waals surface area (Å²) >= 11 is 0. The standard InChI is InChI=1S/C20H21N7O2/c1-11-8-27(20(29)14-3-5-23-18-13(14)2-4-22-18)9-16(11)26-19(28)15-6-12-7-21-10-24-17(12)25-15/h3,5-7,10-11,16H,2,4,8-9H2,1H3,(H,22,23)(H,26,28)(H,21,24,25)/t11-,16+/m1/s1. The fourth-order valence-electron chi connectivity index (χ4n) is 4.13. The van der Waals surface area contributed by atoms with Crippen molar-refractivity contribution in [2.45, 2.75) is 19.4 Å². The number of nitrogens with zero attached hydrogens (tertiary/aromatic N) is 4. The zero-order valence-electron chi connectivity index (χ0n) is 16.0. The van der Waals surface area contributed by atoms with E-state index in [0.29, 0.717) is 30.0 Å². The van der Waals surface area contributed by atoms with Gasteiger partial charge in [0.05, 0.1) is 6.04 Å². The minimum Gasteiger partial charge on any atom is -0.369 e. The Morgan fingerprint density at radius 3 is 3.03 bits per heavy atom. The zero-order chi connectivity index (χ0) is 20.0. The molecule has 2 amide bonds. The lowest BCUT2D eigenvalue weighted by Crippen LogP contribution is -2.40. The first-order valence-corrected chi connectivity index (χ1v) is 9.71. The van der Waals surface area contributed by atoms with Crippen LogP contribution < -0.4 is 10.6 Å². The Bertz CT molecular complexity index is 1080. The van der Waals surface area contributed by atoms with Crippen molar-refractivity contribution in [1.29, 1.82) is 0 Å². The molecule has 0 bridgehead atoms. The second kappa shape index (κ2) is 6.84. The molecule has 9 nitrogen and oxygen atoms in total. The predicted octanol–water partition coefficient (Wildman–Crippen LogP) is 1.21. The molecule has 1 fully saturated rings. The van der Waals surface area contributed by atoms with Gasteiger partial charge in [-0.05, 0) is 24.5 Å². The van der Waals surface area contributed by atoms with Gasteiger partial charge in [-0.15, -0.1) is 0 Å². The van der Waals surface area contributed by atoms with Crippen LogP contribution in [0, 0.1) is 5.92 Å². The molecule has 0 unspecified atom stereocenters. The second-order valence-electron chi connectivity index (χ2n) is 7.64. The van der Waals surface area contributed by atoms with Crippen LogP contribution in [0.5, 0.6) is 0 Å². The molecule has 0 radical (unpaired) electrons. The van der Waals surface area contributed by atoms with Gasteiger partial charge in [0, 0.05) is 48.5 Å². The second-order valence-corrected chi connectivity index (χ2v) is 7.64. The summed E-state index contributed by atoms with van der Waals surface area (Å²) in [4.78, 5) is 43.0. The van der Waals surface area contributed by atoms with Crippen molar-refractivity contribution in [2.24, 2.45) is 5.92 Å². The summed E-state index contributed by atoms with van der Waals surface area (Å²) in [6.07, 6.45) is 5.57. The number of aromatic nitrogens is 4. The molecule has 5 rings (SSSR count). The maximum atomic E-state index is 13.1. The molecule has 3 aromatic rings. The van der Waals surface area contributed by atoms with Crippen LogP contribution in [0.3, 0.4) is 0 Å². The molecule has 3 aromatic heterocycles. The normalized spacial score (nSPS) is 20.5. The Morgan fingerprint density at radius 1 is 1.28 bits per heavy atom. The number of likely N-dealkylation sites (tertiary alicyclic amines) is 1. The molecule has 2 aliphatic heterocycles. The lowest BCUT2D eigenvalue weighted by atomic mass is 10.1.